The molecule has 0 aliphatic rings. The zero-order chi connectivity index (χ0) is 14.0. The van der Waals surface area contributed by atoms with Crippen LogP contribution in [0.1, 0.15) is 24.7 Å². The molecular formula is C12H17BrN6. The molecule has 0 aliphatic heterocycles. The molecule has 0 amide bonds. The summed E-state index contributed by atoms with van der Waals surface area (Å²) in [6.07, 6.45) is 1.03. The van der Waals surface area contributed by atoms with Crippen LogP contribution in [0.4, 0.5) is 5.82 Å². The van der Waals surface area contributed by atoms with Crippen LogP contribution in [0.25, 0.3) is 11.4 Å². The lowest BCUT2D eigenvalue weighted by Gasteiger charge is -2.12. The zero-order valence-corrected chi connectivity index (χ0v) is 13.1. The fraction of sp³-hybridized carbons (Fsp3) is 0.500. The Labute approximate surface area is 120 Å². The lowest BCUT2D eigenvalue weighted by molar-refractivity contribution is 0.718. The van der Waals surface area contributed by atoms with Crippen LogP contribution in [0.3, 0.4) is 0 Å². The van der Waals surface area contributed by atoms with Crippen LogP contribution in [0.5, 0.6) is 0 Å². The number of rotatable bonds is 4. The molecule has 2 heterocycles. The molecule has 0 unspecified atom stereocenters. The van der Waals surface area contributed by atoms with Gasteiger partial charge in [-0.2, -0.15) is 0 Å². The molecule has 2 aromatic heterocycles. The van der Waals surface area contributed by atoms with Crippen LogP contribution in [0.15, 0.2) is 4.60 Å². The van der Waals surface area contributed by atoms with Gasteiger partial charge in [0.2, 0.25) is 0 Å². The van der Waals surface area contributed by atoms with Gasteiger partial charge in [0.15, 0.2) is 10.4 Å². The Bertz CT molecular complexity index is 573. The largest absolute Gasteiger partial charge is 0.368 e. The first kappa shape index (κ1) is 13.9. The Morgan fingerprint density at radius 2 is 1.89 bits per heavy atom. The Balaban J connectivity index is 2.57. The van der Waals surface area contributed by atoms with Crippen molar-refractivity contribution in [1.82, 2.24) is 25.0 Å². The van der Waals surface area contributed by atoms with E-state index >= 15 is 0 Å². The molecule has 2 rings (SSSR count). The van der Waals surface area contributed by atoms with Gasteiger partial charge in [0.25, 0.3) is 0 Å². The van der Waals surface area contributed by atoms with E-state index in [1.807, 2.05) is 20.9 Å². The normalized spacial score (nSPS) is 10.8. The van der Waals surface area contributed by atoms with Crippen LogP contribution in [0, 0.1) is 13.8 Å². The highest BCUT2D eigenvalue weighted by Gasteiger charge is 2.18. The molecule has 6 nitrogen and oxygen atoms in total. The maximum atomic E-state index is 4.63. The number of hydrogen-bond acceptors (Lipinski definition) is 5. The highest BCUT2D eigenvalue weighted by atomic mass is 79.9. The second-order valence-corrected chi connectivity index (χ2v) is 5.12. The number of nitrogens with zero attached hydrogens (tertiary/aromatic N) is 5. The molecule has 0 spiro atoms. The average Bonchev–Trinajstić information content (AvgIpc) is 2.70. The fourth-order valence-corrected chi connectivity index (χ4v) is 2.23. The smallest absolute Gasteiger partial charge is 0.158 e. The van der Waals surface area contributed by atoms with Crippen LogP contribution < -0.4 is 5.32 Å². The summed E-state index contributed by atoms with van der Waals surface area (Å²) in [6, 6.07) is 0. The number of aromatic nitrogens is 5. The molecule has 19 heavy (non-hydrogen) atoms. The molecule has 0 saturated heterocycles. The monoisotopic (exact) mass is 324 g/mol. The van der Waals surface area contributed by atoms with E-state index in [-0.39, 0.29) is 0 Å². The lowest BCUT2D eigenvalue weighted by Crippen LogP contribution is -2.09. The Kier molecular flexibility index (Phi) is 4.14. The molecule has 102 valence electrons. The molecule has 0 atom stereocenters. The first-order valence-corrected chi connectivity index (χ1v) is 6.98. The van der Waals surface area contributed by atoms with Gasteiger partial charge >= 0.3 is 0 Å². The number of aryl methyl sites for hydroxylation is 3. The number of nitrogens with one attached hydrogen (secondary N) is 1. The van der Waals surface area contributed by atoms with E-state index in [0.717, 1.165) is 41.6 Å². The Morgan fingerprint density at radius 3 is 2.47 bits per heavy atom. The predicted octanol–water partition coefficient (Wildman–Crippen LogP) is 2.47. The summed E-state index contributed by atoms with van der Waals surface area (Å²) in [5, 5.41) is 11.3. The van der Waals surface area contributed by atoms with E-state index < -0.39 is 0 Å². The minimum absolute atomic E-state index is 0.673. The Hall–Kier alpha value is -1.50. The van der Waals surface area contributed by atoms with Crippen LogP contribution in [-0.4, -0.2) is 31.5 Å². The van der Waals surface area contributed by atoms with E-state index in [4.69, 9.17) is 0 Å². The van der Waals surface area contributed by atoms with Gasteiger partial charge in [-0.05, 0) is 36.2 Å². The molecule has 0 saturated carbocycles. The summed E-state index contributed by atoms with van der Waals surface area (Å²) in [4.78, 5) is 9.22. The fourth-order valence-electron chi connectivity index (χ4n) is 1.72. The lowest BCUT2D eigenvalue weighted by atomic mass is 10.2. The first-order valence-electron chi connectivity index (χ1n) is 6.19. The molecule has 0 aromatic carbocycles. The minimum Gasteiger partial charge on any atom is -0.368 e. The number of hydrogen-bond donors (Lipinski definition) is 1. The zero-order valence-electron chi connectivity index (χ0n) is 11.5. The van der Waals surface area contributed by atoms with Crippen molar-refractivity contribution in [2.45, 2.75) is 27.2 Å². The summed E-state index contributed by atoms with van der Waals surface area (Å²) in [5.74, 6) is 0.774. The van der Waals surface area contributed by atoms with E-state index in [1.165, 1.54) is 0 Å². The van der Waals surface area contributed by atoms with Gasteiger partial charge in [0.1, 0.15) is 11.4 Å². The van der Waals surface area contributed by atoms with E-state index in [2.05, 4.69) is 48.5 Å². The van der Waals surface area contributed by atoms with Gasteiger partial charge in [-0.1, -0.05) is 12.1 Å². The molecule has 0 bridgehead atoms. The van der Waals surface area contributed by atoms with Gasteiger partial charge in [-0.3, -0.25) is 0 Å². The van der Waals surface area contributed by atoms with E-state index in [9.17, 15) is 0 Å². The third-order valence-electron chi connectivity index (χ3n) is 2.86. The molecule has 7 heteroatoms. The standard InChI is InChI=1S/C12H17BrN6/c1-5-6-14-12-9(15-7(2)8(3)16-12)10-11(13)17-18-19(10)4/h5-6H2,1-4H3,(H,14,16). The molecule has 1 N–H and O–H groups in total. The topological polar surface area (TPSA) is 68.5 Å². The summed E-state index contributed by atoms with van der Waals surface area (Å²) < 4.78 is 2.37. The maximum Gasteiger partial charge on any atom is 0.158 e. The van der Waals surface area contributed by atoms with Gasteiger partial charge in [0, 0.05) is 13.6 Å². The van der Waals surface area contributed by atoms with Crippen molar-refractivity contribution in [2.24, 2.45) is 7.05 Å². The van der Waals surface area contributed by atoms with Crippen LogP contribution in [0.2, 0.25) is 0 Å². The van der Waals surface area contributed by atoms with Crippen molar-refractivity contribution in [1.29, 1.82) is 0 Å². The van der Waals surface area contributed by atoms with Crippen molar-refractivity contribution in [3.05, 3.63) is 16.0 Å². The van der Waals surface area contributed by atoms with Gasteiger partial charge in [-0.15, -0.1) is 5.10 Å². The molecule has 0 aliphatic carbocycles. The maximum absolute atomic E-state index is 4.63. The number of anilines is 1. The molecule has 0 fully saturated rings. The third-order valence-corrected chi connectivity index (χ3v) is 3.39. The van der Waals surface area contributed by atoms with E-state index in [0.29, 0.717) is 4.60 Å². The average molecular weight is 325 g/mol. The van der Waals surface area contributed by atoms with Crippen molar-refractivity contribution in [3.63, 3.8) is 0 Å². The summed E-state index contributed by atoms with van der Waals surface area (Å²) in [5.41, 5.74) is 3.43. The molecular weight excluding hydrogens is 308 g/mol. The van der Waals surface area contributed by atoms with Gasteiger partial charge in [-0.25, -0.2) is 14.6 Å². The minimum atomic E-state index is 0.673. The second kappa shape index (κ2) is 5.64. The summed E-state index contributed by atoms with van der Waals surface area (Å²) in [7, 11) is 1.84. The van der Waals surface area contributed by atoms with Crippen molar-refractivity contribution in [3.8, 4) is 11.4 Å². The van der Waals surface area contributed by atoms with Crippen molar-refractivity contribution >= 4 is 21.7 Å². The SMILES string of the molecule is CCCNc1nc(C)c(C)nc1-c1c(Br)nnn1C. The van der Waals surface area contributed by atoms with E-state index in [1.54, 1.807) is 4.68 Å². The van der Waals surface area contributed by atoms with Crippen molar-refractivity contribution < 1.29 is 0 Å². The third kappa shape index (κ3) is 2.75. The van der Waals surface area contributed by atoms with Crippen LogP contribution in [-0.2, 0) is 7.05 Å². The van der Waals surface area contributed by atoms with Crippen molar-refractivity contribution in [2.75, 3.05) is 11.9 Å². The van der Waals surface area contributed by atoms with Crippen LogP contribution >= 0.6 is 15.9 Å². The quantitative estimate of drug-likeness (QED) is 0.935. The summed E-state index contributed by atoms with van der Waals surface area (Å²) in [6.45, 7) is 6.88. The summed E-state index contributed by atoms with van der Waals surface area (Å²) >= 11 is 3.41. The Morgan fingerprint density at radius 1 is 1.21 bits per heavy atom. The molecule has 0 radical (unpaired) electrons. The highest BCUT2D eigenvalue weighted by Crippen LogP contribution is 2.29. The second-order valence-electron chi connectivity index (χ2n) is 4.37. The van der Waals surface area contributed by atoms with Gasteiger partial charge in [0.05, 0.1) is 11.4 Å². The highest BCUT2D eigenvalue weighted by molar-refractivity contribution is 9.10. The predicted molar refractivity (Wildman–Crippen MR) is 78.0 cm³/mol. The molecule has 2 aromatic rings. The van der Waals surface area contributed by atoms with Gasteiger partial charge < -0.3 is 5.32 Å². The first-order chi connectivity index (χ1) is 9.04. The number of halogens is 1.